The number of hydrogen-bond donors (Lipinski definition) is 1. The summed E-state index contributed by atoms with van der Waals surface area (Å²) in [5.74, 6) is 0. The molecule has 0 saturated heterocycles. The molecule has 11 heteroatoms. The van der Waals surface area contributed by atoms with Crippen LogP contribution in [0.3, 0.4) is 0 Å². The minimum absolute atomic E-state index is 0.326. The van der Waals surface area contributed by atoms with E-state index >= 15 is 0 Å². The fraction of sp³-hybridized carbons (Fsp3) is 0.143. The zero-order valence-electron chi connectivity index (χ0n) is 8.19. The number of halogens is 4. The SMILES string of the molecule is Nc1c(Cl)cc([N+](=O)[O-])c(C(F)(F)F)c1[N+](=O)[O-]. The summed E-state index contributed by atoms with van der Waals surface area (Å²) in [7, 11) is 0. The fourth-order valence-corrected chi connectivity index (χ4v) is 1.44. The highest BCUT2D eigenvalue weighted by molar-refractivity contribution is 6.34. The van der Waals surface area contributed by atoms with E-state index in [0.29, 0.717) is 6.07 Å². The van der Waals surface area contributed by atoms with E-state index in [9.17, 15) is 33.4 Å². The molecular formula is C7H3ClF3N3O4. The van der Waals surface area contributed by atoms with Crippen molar-refractivity contribution in [2.24, 2.45) is 0 Å². The predicted octanol–water partition coefficient (Wildman–Crippen LogP) is 2.76. The summed E-state index contributed by atoms with van der Waals surface area (Å²) < 4.78 is 37.9. The minimum Gasteiger partial charge on any atom is -0.392 e. The first-order chi connectivity index (χ1) is 8.07. The Balaban J connectivity index is 3.87. The molecule has 1 aromatic rings. The molecule has 0 amide bonds. The second-order valence-corrected chi connectivity index (χ2v) is 3.43. The second-order valence-electron chi connectivity index (χ2n) is 3.03. The zero-order chi connectivity index (χ0) is 14.2. The Kier molecular flexibility index (Phi) is 3.33. The van der Waals surface area contributed by atoms with Gasteiger partial charge in [-0.15, -0.1) is 0 Å². The molecule has 98 valence electrons. The van der Waals surface area contributed by atoms with E-state index < -0.39 is 43.7 Å². The molecule has 7 nitrogen and oxygen atoms in total. The van der Waals surface area contributed by atoms with E-state index in [1.807, 2.05) is 0 Å². The van der Waals surface area contributed by atoms with Crippen molar-refractivity contribution < 1.29 is 23.0 Å². The number of anilines is 1. The quantitative estimate of drug-likeness (QED) is 0.510. The highest BCUT2D eigenvalue weighted by Crippen LogP contribution is 2.47. The van der Waals surface area contributed by atoms with Gasteiger partial charge in [0.1, 0.15) is 5.69 Å². The lowest BCUT2D eigenvalue weighted by molar-refractivity contribution is -0.399. The van der Waals surface area contributed by atoms with Gasteiger partial charge in [0, 0.05) is 6.07 Å². The summed E-state index contributed by atoms with van der Waals surface area (Å²) in [5.41, 5.74) is -1.09. The number of nitrogens with zero attached hydrogens (tertiary/aromatic N) is 2. The van der Waals surface area contributed by atoms with Gasteiger partial charge >= 0.3 is 11.9 Å². The van der Waals surface area contributed by atoms with Crippen molar-refractivity contribution in [3.05, 3.63) is 36.9 Å². The Hall–Kier alpha value is -2.10. The Morgan fingerprint density at radius 1 is 1.22 bits per heavy atom. The molecule has 18 heavy (non-hydrogen) atoms. The van der Waals surface area contributed by atoms with Crippen LogP contribution in [-0.2, 0) is 6.18 Å². The first kappa shape index (κ1) is 14.0. The molecule has 0 saturated carbocycles. The highest BCUT2D eigenvalue weighted by atomic mass is 35.5. The number of rotatable bonds is 2. The van der Waals surface area contributed by atoms with Crippen LogP contribution in [0.5, 0.6) is 0 Å². The third-order valence-electron chi connectivity index (χ3n) is 1.93. The van der Waals surface area contributed by atoms with Crippen LogP contribution >= 0.6 is 11.6 Å². The van der Waals surface area contributed by atoms with Crippen LogP contribution in [0.4, 0.5) is 30.2 Å². The van der Waals surface area contributed by atoms with Gasteiger partial charge in [-0.2, -0.15) is 13.2 Å². The summed E-state index contributed by atoms with van der Waals surface area (Å²) in [6.07, 6.45) is -5.30. The lowest BCUT2D eigenvalue weighted by Crippen LogP contribution is -2.14. The minimum atomic E-state index is -5.30. The van der Waals surface area contributed by atoms with Gasteiger partial charge in [-0.1, -0.05) is 11.6 Å². The van der Waals surface area contributed by atoms with Gasteiger partial charge in [-0.05, 0) is 0 Å². The lowest BCUT2D eigenvalue weighted by Gasteiger charge is -2.10. The van der Waals surface area contributed by atoms with Crippen molar-refractivity contribution in [3.63, 3.8) is 0 Å². The van der Waals surface area contributed by atoms with Gasteiger partial charge in [0.25, 0.3) is 5.69 Å². The van der Waals surface area contributed by atoms with E-state index in [1.165, 1.54) is 0 Å². The molecule has 0 atom stereocenters. The monoisotopic (exact) mass is 285 g/mol. The van der Waals surface area contributed by atoms with Gasteiger partial charge in [-0.3, -0.25) is 20.2 Å². The van der Waals surface area contributed by atoms with Crippen molar-refractivity contribution in [3.8, 4) is 0 Å². The molecule has 0 aliphatic heterocycles. The predicted molar refractivity (Wildman–Crippen MR) is 54.2 cm³/mol. The summed E-state index contributed by atoms with van der Waals surface area (Å²) in [6, 6.07) is 0.326. The first-order valence-electron chi connectivity index (χ1n) is 4.05. The van der Waals surface area contributed by atoms with Crippen molar-refractivity contribution in [1.82, 2.24) is 0 Å². The van der Waals surface area contributed by atoms with E-state index in [-0.39, 0.29) is 0 Å². The van der Waals surface area contributed by atoms with E-state index in [1.54, 1.807) is 0 Å². The molecule has 0 radical (unpaired) electrons. The third-order valence-corrected chi connectivity index (χ3v) is 2.24. The highest BCUT2D eigenvalue weighted by Gasteiger charge is 2.47. The molecule has 0 aliphatic rings. The number of hydrogen-bond acceptors (Lipinski definition) is 5. The zero-order valence-corrected chi connectivity index (χ0v) is 8.95. The van der Waals surface area contributed by atoms with Gasteiger partial charge < -0.3 is 5.73 Å². The maximum Gasteiger partial charge on any atom is 0.429 e. The summed E-state index contributed by atoms with van der Waals surface area (Å²) in [5, 5.41) is 20.4. The Labute approximate surface area is 101 Å². The Morgan fingerprint density at radius 3 is 2.06 bits per heavy atom. The lowest BCUT2D eigenvalue weighted by atomic mass is 10.1. The number of nitrogens with two attached hydrogens (primary N) is 1. The molecule has 0 unspecified atom stereocenters. The van der Waals surface area contributed by atoms with E-state index in [4.69, 9.17) is 17.3 Å². The van der Waals surface area contributed by atoms with Crippen molar-refractivity contribution in [2.75, 3.05) is 5.73 Å². The van der Waals surface area contributed by atoms with Crippen LogP contribution in [0.2, 0.25) is 5.02 Å². The molecule has 1 rings (SSSR count). The maximum absolute atomic E-state index is 12.6. The maximum atomic E-state index is 12.6. The largest absolute Gasteiger partial charge is 0.429 e. The van der Waals surface area contributed by atoms with Crippen LogP contribution in [0.25, 0.3) is 0 Å². The number of nitrogen functional groups attached to an aromatic ring is 1. The molecule has 0 spiro atoms. The third kappa shape index (κ3) is 2.27. The molecule has 0 aromatic heterocycles. The van der Waals surface area contributed by atoms with E-state index in [2.05, 4.69) is 0 Å². The smallest absolute Gasteiger partial charge is 0.392 e. The molecule has 0 bridgehead atoms. The summed E-state index contributed by atoms with van der Waals surface area (Å²) >= 11 is 5.33. The molecule has 1 aromatic carbocycles. The van der Waals surface area contributed by atoms with Crippen molar-refractivity contribution in [2.45, 2.75) is 6.18 Å². The van der Waals surface area contributed by atoms with Crippen LogP contribution in [0.15, 0.2) is 6.07 Å². The van der Waals surface area contributed by atoms with Gasteiger partial charge in [-0.25, -0.2) is 0 Å². The van der Waals surface area contributed by atoms with Gasteiger partial charge in [0.2, 0.25) is 5.56 Å². The normalized spacial score (nSPS) is 11.3. The first-order valence-corrected chi connectivity index (χ1v) is 4.43. The van der Waals surface area contributed by atoms with Gasteiger partial charge in [0.05, 0.1) is 14.9 Å². The Morgan fingerprint density at radius 2 is 1.72 bits per heavy atom. The average molecular weight is 286 g/mol. The van der Waals surface area contributed by atoms with Crippen LogP contribution in [-0.4, -0.2) is 9.85 Å². The summed E-state index contributed by atoms with van der Waals surface area (Å²) in [4.78, 5) is 18.2. The number of nitro benzene ring substituents is 2. The number of benzene rings is 1. The molecular weight excluding hydrogens is 283 g/mol. The summed E-state index contributed by atoms with van der Waals surface area (Å²) in [6.45, 7) is 0. The van der Waals surface area contributed by atoms with Gasteiger partial charge in [0.15, 0.2) is 0 Å². The van der Waals surface area contributed by atoms with Crippen LogP contribution in [0.1, 0.15) is 5.56 Å². The van der Waals surface area contributed by atoms with Crippen molar-refractivity contribution >= 4 is 28.7 Å². The van der Waals surface area contributed by atoms with Crippen LogP contribution < -0.4 is 5.73 Å². The average Bonchev–Trinajstić information content (AvgIpc) is 2.18. The van der Waals surface area contributed by atoms with Crippen LogP contribution in [0, 0.1) is 20.2 Å². The second kappa shape index (κ2) is 4.29. The standard InChI is InChI=1S/C7H3ClF3N3O4/c8-2-1-3(13(15)16)4(7(9,10)11)6(5(2)12)14(17)18/h1H,12H2. The number of nitro groups is 2. The molecule has 2 N–H and O–H groups in total. The molecule has 0 aliphatic carbocycles. The van der Waals surface area contributed by atoms with Crippen molar-refractivity contribution in [1.29, 1.82) is 0 Å². The topological polar surface area (TPSA) is 112 Å². The molecule has 0 fully saturated rings. The van der Waals surface area contributed by atoms with E-state index in [0.717, 1.165) is 0 Å². The fourth-order valence-electron chi connectivity index (χ4n) is 1.25. The molecule has 0 heterocycles. The number of alkyl halides is 3. The Bertz CT molecular complexity index is 546.